The highest BCUT2D eigenvalue weighted by Crippen LogP contribution is 2.16. The summed E-state index contributed by atoms with van der Waals surface area (Å²) in [6.45, 7) is 8.39. The zero-order chi connectivity index (χ0) is 8.69. The minimum atomic E-state index is -0.529. The Kier molecular flexibility index (Phi) is 7.39. The molecule has 0 saturated carbocycles. The average Bonchev–Trinajstić information content (AvgIpc) is 2.03. The molecular formula is C9H19BrSi. The summed E-state index contributed by atoms with van der Waals surface area (Å²) < 4.78 is 0.655. The Morgan fingerprint density at radius 2 is 1.82 bits per heavy atom. The molecule has 0 aliphatic carbocycles. The first-order valence-corrected chi connectivity index (χ1v) is 7.74. The summed E-state index contributed by atoms with van der Waals surface area (Å²) in [6.07, 6.45) is 4.75. The van der Waals surface area contributed by atoms with Gasteiger partial charge in [0.1, 0.15) is 0 Å². The Morgan fingerprint density at radius 1 is 1.36 bits per heavy atom. The predicted molar refractivity (Wildman–Crippen MR) is 60.3 cm³/mol. The van der Waals surface area contributed by atoms with Gasteiger partial charge in [0.2, 0.25) is 0 Å². The lowest BCUT2D eigenvalue weighted by atomic mass is 10.6. The Hall–Kier alpha value is 0.437. The van der Waals surface area contributed by atoms with E-state index in [4.69, 9.17) is 0 Å². The van der Waals surface area contributed by atoms with Crippen molar-refractivity contribution < 1.29 is 0 Å². The smallest absolute Gasteiger partial charge is 0.0574 e. The molecule has 0 aromatic heterocycles. The zero-order valence-corrected chi connectivity index (χ0v) is 10.4. The highest BCUT2D eigenvalue weighted by Gasteiger charge is 2.15. The number of rotatable bonds is 6. The molecule has 66 valence electrons. The van der Waals surface area contributed by atoms with Crippen molar-refractivity contribution >= 4 is 24.7 Å². The van der Waals surface area contributed by atoms with E-state index in [1.54, 1.807) is 0 Å². The van der Waals surface area contributed by atoms with Crippen LogP contribution in [-0.4, -0.2) is 13.2 Å². The van der Waals surface area contributed by atoms with Crippen LogP contribution >= 0.6 is 15.9 Å². The van der Waals surface area contributed by atoms with Crippen LogP contribution < -0.4 is 0 Å². The van der Waals surface area contributed by atoms with Crippen molar-refractivity contribution in [3.8, 4) is 0 Å². The molecule has 2 heteroatoms. The molecule has 11 heavy (non-hydrogen) atoms. The fourth-order valence-electron chi connectivity index (χ4n) is 1.40. The van der Waals surface area contributed by atoms with Gasteiger partial charge in [-0.2, -0.15) is 0 Å². The second kappa shape index (κ2) is 7.11. The quantitative estimate of drug-likeness (QED) is 0.375. The molecular weight excluding hydrogens is 216 g/mol. The van der Waals surface area contributed by atoms with Gasteiger partial charge in [0, 0.05) is 4.45 Å². The average molecular weight is 235 g/mol. The number of hydrogen-bond donors (Lipinski definition) is 0. The van der Waals surface area contributed by atoms with Crippen molar-refractivity contribution in [1.82, 2.24) is 0 Å². The van der Waals surface area contributed by atoms with Gasteiger partial charge in [0.15, 0.2) is 0 Å². The number of alkyl halides is 1. The van der Waals surface area contributed by atoms with Crippen LogP contribution in [0.1, 0.15) is 26.7 Å². The SMILES string of the molecule is C=CC(Br)[SiH](CCC)CCC. The Bertz CT molecular complexity index is 97.7. The van der Waals surface area contributed by atoms with Gasteiger partial charge >= 0.3 is 0 Å². The lowest BCUT2D eigenvalue weighted by Crippen LogP contribution is -2.23. The fraction of sp³-hybridized carbons (Fsp3) is 0.778. The van der Waals surface area contributed by atoms with E-state index in [1.807, 2.05) is 0 Å². The topological polar surface area (TPSA) is 0 Å². The van der Waals surface area contributed by atoms with E-state index in [0.717, 1.165) is 0 Å². The molecule has 0 nitrogen and oxygen atoms in total. The van der Waals surface area contributed by atoms with E-state index >= 15 is 0 Å². The molecule has 0 radical (unpaired) electrons. The third-order valence-corrected chi connectivity index (χ3v) is 8.42. The molecule has 0 rings (SSSR count). The first kappa shape index (κ1) is 11.4. The first-order valence-electron chi connectivity index (χ1n) is 4.52. The van der Waals surface area contributed by atoms with Crippen LogP contribution in [0.25, 0.3) is 0 Å². The van der Waals surface area contributed by atoms with Gasteiger partial charge in [-0.05, 0) is 0 Å². The molecule has 0 spiro atoms. The van der Waals surface area contributed by atoms with Crippen molar-refractivity contribution in [1.29, 1.82) is 0 Å². The van der Waals surface area contributed by atoms with E-state index in [0.29, 0.717) is 4.45 Å². The minimum Gasteiger partial charge on any atom is -0.102 e. The summed E-state index contributed by atoms with van der Waals surface area (Å²) in [7, 11) is -0.529. The second-order valence-corrected chi connectivity index (χ2v) is 8.44. The van der Waals surface area contributed by atoms with Crippen LogP contribution in [0, 0.1) is 0 Å². The highest BCUT2D eigenvalue weighted by atomic mass is 79.9. The molecule has 0 amide bonds. The van der Waals surface area contributed by atoms with Crippen LogP contribution in [0.4, 0.5) is 0 Å². The van der Waals surface area contributed by atoms with Gasteiger partial charge in [-0.1, -0.05) is 60.8 Å². The molecule has 0 heterocycles. The molecule has 0 aromatic rings. The van der Waals surface area contributed by atoms with E-state index in [-0.39, 0.29) is 0 Å². The van der Waals surface area contributed by atoms with E-state index in [2.05, 4.69) is 42.4 Å². The maximum absolute atomic E-state index is 3.83. The Balaban J connectivity index is 3.75. The normalized spacial score (nSPS) is 13.5. The standard InChI is InChI=1S/C9H19BrSi/c1-4-7-11(8-5-2)9(10)6-3/h6,9,11H,3-5,7-8H2,1-2H3. The minimum absolute atomic E-state index is 0.529. The van der Waals surface area contributed by atoms with Crippen molar-refractivity contribution in [2.45, 2.75) is 43.2 Å². The van der Waals surface area contributed by atoms with Gasteiger partial charge in [-0.15, -0.1) is 6.58 Å². The van der Waals surface area contributed by atoms with Gasteiger partial charge in [0.25, 0.3) is 0 Å². The van der Waals surface area contributed by atoms with Gasteiger partial charge in [-0.25, -0.2) is 0 Å². The maximum atomic E-state index is 3.83. The second-order valence-electron chi connectivity index (χ2n) is 3.02. The van der Waals surface area contributed by atoms with Crippen LogP contribution in [0.15, 0.2) is 12.7 Å². The summed E-state index contributed by atoms with van der Waals surface area (Å²) in [4.78, 5) is 0. The summed E-state index contributed by atoms with van der Waals surface area (Å²) in [5.74, 6) is 0. The number of hydrogen-bond acceptors (Lipinski definition) is 0. The summed E-state index contributed by atoms with van der Waals surface area (Å²) >= 11 is 3.69. The van der Waals surface area contributed by atoms with Crippen LogP contribution in [0.2, 0.25) is 12.1 Å². The number of allylic oxidation sites excluding steroid dienone is 1. The largest absolute Gasteiger partial charge is 0.102 e. The molecule has 0 aliphatic heterocycles. The van der Waals surface area contributed by atoms with Crippen molar-refractivity contribution in [3.63, 3.8) is 0 Å². The first-order chi connectivity index (χ1) is 5.26. The molecule has 0 aromatic carbocycles. The van der Waals surface area contributed by atoms with Gasteiger partial charge in [-0.3, -0.25) is 0 Å². The van der Waals surface area contributed by atoms with E-state index < -0.39 is 8.80 Å². The van der Waals surface area contributed by atoms with Crippen LogP contribution in [0.5, 0.6) is 0 Å². The number of halogens is 1. The summed E-state index contributed by atoms with van der Waals surface area (Å²) in [6, 6.07) is 2.91. The van der Waals surface area contributed by atoms with Crippen LogP contribution in [-0.2, 0) is 0 Å². The third-order valence-electron chi connectivity index (χ3n) is 1.99. The molecule has 1 atom stereocenters. The molecule has 0 fully saturated rings. The van der Waals surface area contributed by atoms with Gasteiger partial charge < -0.3 is 0 Å². The monoisotopic (exact) mass is 234 g/mol. The zero-order valence-electron chi connectivity index (χ0n) is 7.65. The summed E-state index contributed by atoms with van der Waals surface area (Å²) in [5.41, 5.74) is 0. The van der Waals surface area contributed by atoms with E-state index in [1.165, 1.54) is 24.9 Å². The Morgan fingerprint density at radius 3 is 2.09 bits per heavy atom. The molecule has 0 bridgehead atoms. The Labute approximate surface area is 80.8 Å². The van der Waals surface area contributed by atoms with Crippen molar-refractivity contribution in [2.24, 2.45) is 0 Å². The van der Waals surface area contributed by atoms with Gasteiger partial charge in [0.05, 0.1) is 8.80 Å². The van der Waals surface area contributed by atoms with Crippen LogP contribution in [0.3, 0.4) is 0 Å². The highest BCUT2D eigenvalue weighted by molar-refractivity contribution is 9.10. The lowest BCUT2D eigenvalue weighted by molar-refractivity contribution is 0.997. The van der Waals surface area contributed by atoms with Crippen molar-refractivity contribution in [3.05, 3.63) is 12.7 Å². The van der Waals surface area contributed by atoms with Crippen molar-refractivity contribution in [2.75, 3.05) is 0 Å². The molecule has 0 aliphatic rings. The predicted octanol–water partition coefficient (Wildman–Crippen LogP) is 3.52. The maximum Gasteiger partial charge on any atom is 0.0574 e. The molecule has 1 unspecified atom stereocenters. The fourth-order valence-corrected chi connectivity index (χ4v) is 5.78. The summed E-state index contributed by atoms with van der Waals surface area (Å²) in [5, 5.41) is 0. The molecule has 0 saturated heterocycles. The van der Waals surface area contributed by atoms with E-state index in [9.17, 15) is 0 Å². The lowest BCUT2D eigenvalue weighted by Gasteiger charge is -2.16. The molecule has 0 N–H and O–H groups in total. The third kappa shape index (κ3) is 4.80.